The van der Waals surface area contributed by atoms with Gasteiger partial charge in [-0.15, -0.1) is 0 Å². The molecule has 0 amide bonds. The van der Waals surface area contributed by atoms with Crippen LogP contribution in [0.4, 0.5) is 5.69 Å². The Hall–Kier alpha value is -3.90. The van der Waals surface area contributed by atoms with Crippen LogP contribution in [-0.4, -0.2) is 45.7 Å². The summed E-state index contributed by atoms with van der Waals surface area (Å²) in [6, 6.07) is 25.7. The molecule has 0 saturated carbocycles. The molecule has 1 aliphatic heterocycles. The summed E-state index contributed by atoms with van der Waals surface area (Å²) in [5.74, 6) is 0.0503. The van der Waals surface area contributed by atoms with Crippen molar-refractivity contribution in [2.75, 3.05) is 31.1 Å². The topological polar surface area (TPSA) is 61.6 Å². The van der Waals surface area contributed by atoms with Crippen LogP contribution in [0.5, 0.6) is 5.75 Å². The van der Waals surface area contributed by atoms with Crippen molar-refractivity contribution in [2.45, 2.75) is 19.5 Å². The first-order valence-electron chi connectivity index (χ1n) is 12.0. The van der Waals surface area contributed by atoms with Crippen LogP contribution in [0.25, 0.3) is 0 Å². The normalized spacial score (nSPS) is 15.2. The standard InChI is InChI=1S/C29H30N4O2/c1-22-19-26(34)27(29(35)33(22)21-23-9-8-14-30-20-23)28(24-10-4-2-5-11-24)32-17-15-31(16-18-32)25-12-6-3-7-13-25/h2-14,19-20,28,34H,15-18,21H2,1H3/t28-/m1/s1. The lowest BCUT2D eigenvalue weighted by Crippen LogP contribution is -2.49. The van der Waals surface area contributed by atoms with Gasteiger partial charge in [-0.2, -0.15) is 0 Å². The molecule has 1 fully saturated rings. The third-order valence-corrected chi connectivity index (χ3v) is 6.78. The zero-order valence-corrected chi connectivity index (χ0v) is 19.9. The summed E-state index contributed by atoms with van der Waals surface area (Å²) in [6.07, 6.45) is 3.50. The average molecular weight is 467 g/mol. The van der Waals surface area contributed by atoms with E-state index in [1.807, 2.05) is 55.5 Å². The van der Waals surface area contributed by atoms with Gasteiger partial charge in [0.15, 0.2) is 0 Å². The maximum absolute atomic E-state index is 13.9. The average Bonchev–Trinajstić information content (AvgIpc) is 2.91. The van der Waals surface area contributed by atoms with E-state index in [4.69, 9.17) is 0 Å². The molecule has 4 aromatic rings. The van der Waals surface area contributed by atoms with Gasteiger partial charge < -0.3 is 14.6 Å². The number of aryl methyl sites for hydroxylation is 1. The molecule has 0 bridgehead atoms. The number of hydrogen-bond acceptors (Lipinski definition) is 5. The number of hydrogen-bond donors (Lipinski definition) is 1. The van der Waals surface area contributed by atoms with Gasteiger partial charge in [-0.1, -0.05) is 54.6 Å². The molecule has 1 saturated heterocycles. The molecule has 35 heavy (non-hydrogen) atoms. The van der Waals surface area contributed by atoms with E-state index in [0.29, 0.717) is 12.1 Å². The molecular weight excluding hydrogens is 436 g/mol. The minimum Gasteiger partial charge on any atom is -0.507 e. The van der Waals surface area contributed by atoms with Crippen molar-refractivity contribution in [3.05, 3.63) is 124 Å². The van der Waals surface area contributed by atoms with Crippen LogP contribution < -0.4 is 10.5 Å². The van der Waals surface area contributed by atoms with Crippen LogP contribution in [0, 0.1) is 6.92 Å². The lowest BCUT2D eigenvalue weighted by atomic mass is 9.96. The third kappa shape index (κ3) is 4.84. The molecule has 0 radical (unpaired) electrons. The predicted molar refractivity (Wildman–Crippen MR) is 139 cm³/mol. The molecular formula is C29H30N4O2. The van der Waals surface area contributed by atoms with E-state index in [-0.39, 0.29) is 17.4 Å². The first-order valence-corrected chi connectivity index (χ1v) is 12.0. The third-order valence-electron chi connectivity index (χ3n) is 6.78. The van der Waals surface area contributed by atoms with Gasteiger partial charge in [-0.05, 0) is 42.3 Å². The van der Waals surface area contributed by atoms with Crippen LogP contribution in [0.15, 0.2) is 96.1 Å². The molecule has 2 aromatic heterocycles. The molecule has 3 heterocycles. The van der Waals surface area contributed by atoms with Crippen LogP contribution in [0.1, 0.15) is 28.4 Å². The van der Waals surface area contributed by atoms with E-state index in [9.17, 15) is 9.90 Å². The highest BCUT2D eigenvalue weighted by molar-refractivity contribution is 5.47. The number of aromatic hydroxyl groups is 1. The molecule has 2 aromatic carbocycles. The minimum atomic E-state index is -0.331. The fourth-order valence-corrected chi connectivity index (χ4v) is 4.97. The summed E-state index contributed by atoms with van der Waals surface area (Å²) >= 11 is 0. The lowest BCUT2D eigenvalue weighted by molar-refractivity contribution is 0.207. The molecule has 0 unspecified atom stereocenters. The van der Waals surface area contributed by atoms with Crippen LogP contribution in [-0.2, 0) is 6.54 Å². The molecule has 0 spiro atoms. The molecule has 6 heteroatoms. The maximum atomic E-state index is 13.9. The van der Waals surface area contributed by atoms with Gasteiger partial charge in [-0.3, -0.25) is 14.7 Å². The Morgan fingerprint density at radius 2 is 1.60 bits per heavy atom. The molecule has 178 valence electrons. The van der Waals surface area contributed by atoms with Gasteiger partial charge >= 0.3 is 0 Å². The zero-order valence-electron chi connectivity index (χ0n) is 19.9. The summed E-state index contributed by atoms with van der Waals surface area (Å²) < 4.78 is 1.74. The number of rotatable bonds is 6. The van der Waals surface area contributed by atoms with Gasteiger partial charge in [0.05, 0.1) is 18.2 Å². The van der Waals surface area contributed by atoms with Crippen molar-refractivity contribution in [2.24, 2.45) is 0 Å². The molecule has 1 N–H and O–H groups in total. The van der Waals surface area contributed by atoms with Crippen LogP contribution in [0.3, 0.4) is 0 Å². The summed E-state index contributed by atoms with van der Waals surface area (Å²) in [6.45, 7) is 5.54. The fraction of sp³-hybridized carbons (Fsp3) is 0.241. The van der Waals surface area contributed by atoms with Crippen LogP contribution in [0.2, 0.25) is 0 Å². The Morgan fingerprint density at radius 3 is 2.26 bits per heavy atom. The van der Waals surface area contributed by atoms with E-state index < -0.39 is 0 Å². The summed E-state index contributed by atoms with van der Waals surface area (Å²) in [5.41, 5.74) is 4.15. The van der Waals surface area contributed by atoms with Gasteiger partial charge in [0.25, 0.3) is 5.56 Å². The molecule has 6 nitrogen and oxygen atoms in total. The molecule has 0 aliphatic carbocycles. The van der Waals surface area contributed by atoms with E-state index >= 15 is 0 Å². The van der Waals surface area contributed by atoms with Crippen molar-refractivity contribution < 1.29 is 5.11 Å². The number of piperazine rings is 1. The van der Waals surface area contributed by atoms with Crippen LogP contribution >= 0.6 is 0 Å². The second-order valence-corrected chi connectivity index (χ2v) is 9.01. The number of aromatic nitrogens is 2. The quantitative estimate of drug-likeness (QED) is 0.461. The monoisotopic (exact) mass is 466 g/mol. The Labute approximate surface area is 205 Å². The highest BCUT2D eigenvalue weighted by atomic mass is 16.3. The Morgan fingerprint density at radius 1 is 0.914 bits per heavy atom. The van der Waals surface area contributed by atoms with Gasteiger partial charge in [0.2, 0.25) is 0 Å². The van der Waals surface area contributed by atoms with E-state index in [2.05, 4.69) is 39.0 Å². The van der Waals surface area contributed by atoms with Crippen molar-refractivity contribution in [3.63, 3.8) is 0 Å². The number of pyridine rings is 2. The largest absolute Gasteiger partial charge is 0.507 e. The first kappa shape index (κ1) is 22.9. The van der Waals surface area contributed by atoms with E-state index in [0.717, 1.165) is 43.0 Å². The summed E-state index contributed by atoms with van der Waals surface area (Å²) in [5, 5.41) is 11.1. The second kappa shape index (κ2) is 10.2. The Kier molecular flexibility index (Phi) is 6.64. The Balaban J connectivity index is 1.52. The number of para-hydroxylation sites is 1. The van der Waals surface area contributed by atoms with Crippen molar-refractivity contribution >= 4 is 5.69 Å². The van der Waals surface area contributed by atoms with Gasteiger partial charge in [-0.25, -0.2) is 0 Å². The minimum absolute atomic E-state index is 0.0503. The molecule has 1 aliphatic rings. The van der Waals surface area contributed by atoms with Gasteiger partial charge in [0.1, 0.15) is 5.75 Å². The lowest BCUT2D eigenvalue weighted by Gasteiger charge is -2.40. The molecule has 5 rings (SSSR count). The second-order valence-electron chi connectivity index (χ2n) is 9.01. The number of nitrogens with zero attached hydrogens (tertiary/aromatic N) is 4. The SMILES string of the molecule is Cc1cc(O)c([C@@H](c2ccccc2)N2CCN(c3ccccc3)CC2)c(=O)n1Cc1cccnc1. The fourth-order valence-electron chi connectivity index (χ4n) is 4.97. The van der Waals surface area contributed by atoms with Crippen molar-refractivity contribution in [3.8, 4) is 5.75 Å². The van der Waals surface area contributed by atoms with Crippen molar-refractivity contribution in [1.29, 1.82) is 0 Å². The van der Waals surface area contributed by atoms with E-state index in [1.54, 1.807) is 23.0 Å². The smallest absolute Gasteiger partial charge is 0.259 e. The summed E-state index contributed by atoms with van der Waals surface area (Å²) in [7, 11) is 0. The first-order chi connectivity index (χ1) is 17.1. The van der Waals surface area contributed by atoms with E-state index in [1.165, 1.54) is 5.69 Å². The maximum Gasteiger partial charge on any atom is 0.259 e. The van der Waals surface area contributed by atoms with Crippen molar-refractivity contribution in [1.82, 2.24) is 14.5 Å². The van der Waals surface area contributed by atoms with Gasteiger partial charge in [0, 0.05) is 50.0 Å². The highest BCUT2D eigenvalue weighted by Crippen LogP contribution is 2.33. The number of anilines is 1. The predicted octanol–water partition coefficient (Wildman–Crippen LogP) is 4.22. The summed E-state index contributed by atoms with van der Waals surface area (Å²) in [4.78, 5) is 22.8. The zero-order chi connectivity index (χ0) is 24.2. The Bertz CT molecular complexity index is 1320. The number of benzene rings is 2. The highest BCUT2D eigenvalue weighted by Gasteiger charge is 2.31. The molecule has 1 atom stereocenters.